The Balaban J connectivity index is 1.89. The van der Waals surface area contributed by atoms with Gasteiger partial charge in [-0.05, 0) is 31.5 Å². The van der Waals surface area contributed by atoms with Gasteiger partial charge in [0.2, 0.25) is 0 Å². The summed E-state index contributed by atoms with van der Waals surface area (Å²) in [5.41, 5.74) is 1.88. The molecule has 25 heavy (non-hydrogen) atoms. The number of aryl methyl sites for hydroxylation is 1. The standard InChI is InChI=1S/C18H19NO6/c1-11-14(17(21)23-3)12(2)19-15(11)18(22)25-10-9-24-16(20)13-7-5-4-6-8-13/h4-8,19H,9-10H2,1-3H3. The smallest absolute Gasteiger partial charge is 0.355 e. The molecule has 1 heterocycles. The predicted molar refractivity (Wildman–Crippen MR) is 88.6 cm³/mol. The number of benzene rings is 1. The number of carbonyl (C=O) groups excluding carboxylic acids is 3. The summed E-state index contributed by atoms with van der Waals surface area (Å²) >= 11 is 0. The first-order valence-corrected chi connectivity index (χ1v) is 7.62. The van der Waals surface area contributed by atoms with Crippen LogP contribution in [0.2, 0.25) is 0 Å². The Kier molecular flexibility index (Phi) is 5.94. The molecule has 1 N–H and O–H groups in total. The van der Waals surface area contributed by atoms with Crippen molar-refractivity contribution >= 4 is 17.9 Å². The van der Waals surface area contributed by atoms with Crippen molar-refractivity contribution < 1.29 is 28.6 Å². The van der Waals surface area contributed by atoms with Gasteiger partial charge < -0.3 is 19.2 Å². The number of methoxy groups -OCH3 is 1. The van der Waals surface area contributed by atoms with Gasteiger partial charge in [0.25, 0.3) is 0 Å². The van der Waals surface area contributed by atoms with E-state index in [2.05, 4.69) is 9.72 Å². The van der Waals surface area contributed by atoms with Gasteiger partial charge in [-0.2, -0.15) is 0 Å². The van der Waals surface area contributed by atoms with Crippen molar-refractivity contribution in [3.05, 3.63) is 58.4 Å². The Morgan fingerprint density at radius 2 is 1.52 bits per heavy atom. The number of rotatable bonds is 6. The fourth-order valence-corrected chi connectivity index (χ4v) is 2.36. The zero-order valence-corrected chi connectivity index (χ0v) is 14.3. The van der Waals surface area contributed by atoms with Crippen LogP contribution in [0, 0.1) is 13.8 Å². The second-order valence-electron chi connectivity index (χ2n) is 5.25. The van der Waals surface area contributed by atoms with E-state index in [1.807, 2.05) is 0 Å². The molecule has 0 saturated heterocycles. The van der Waals surface area contributed by atoms with Gasteiger partial charge in [0.05, 0.1) is 18.2 Å². The average molecular weight is 345 g/mol. The van der Waals surface area contributed by atoms with E-state index in [-0.39, 0.29) is 18.9 Å². The van der Waals surface area contributed by atoms with Gasteiger partial charge in [0, 0.05) is 5.69 Å². The lowest BCUT2D eigenvalue weighted by Gasteiger charge is -2.06. The van der Waals surface area contributed by atoms with Gasteiger partial charge in [0.15, 0.2) is 0 Å². The first-order chi connectivity index (χ1) is 12.0. The molecular weight excluding hydrogens is 326 g/mol. The molecule has 0 radical (unpaired) electrons. The number of esters is 3. The molecule has 0 fully saturated rings. The van der Waals surface area contributed by atoms with Crippen LogP contribution in [0.5, 0.6) is 0 Å². The summed E-state index contributed by atoms with van der Waals surface area (Å²) in [4.78, 5) is 38.4. The normalized spacial score (nSPS) is 10.2. The molecule has 0 aliphatic heterocycles. The molecule has 7 nitrogen and oxygen atoms in total. The number of carbonyl (C=O) groups is 3. The maximum atomic E-state index is 12.1. The Morgan fingerprint density at radius 1 is 0.920 bits per heavy atom. The van der Waals surface area contributed by atoms with Crippen molar-refractivity contribution in [2.24, 2.45) is 0 Å². The van der Waals surface area contributed by atoms with Crippen molar-refractivity contribution in [1.29, 1.82) is 0 Å². The summed E-state index contributed by atoms with van der Waals surface area (Å²) in [5, 5.41) is 0. The Hall–Kier alpha value is -3.09. The zero-order chi connectivity index (χ0) is 18.4. The van der Waals surface area contributed by atoms with Crippen LogP contribution in [-0.4, -0.2) is 43.2 Å². The third-order valence-electron chi connectivity index (χ3n) is 3.59. The fraction of sp³-hybridized carbons (Fsp3) is 0.278. The van der Waals surface area contributed by atoms with Crippen LogP contribution >= 0.6 is 0 Å². The van der Waals surface area contributed by atoms with Gasteiger partial charge in [-0.1, -0.05) is 18.2 Å². The Labute approximate surface area is 144 Å². The monoisotopic (exact) mass is 345 g/mol. The topological polar surface area (TPSA) is 94.7 Å². The number of H-pyrrole nitrogens is 1. The van der Waals surface area contributed by atoms with E-state index in [1.165, 1.54) is 7.11 Å². The number of nitrogens with one attached hydrogen (secondary N) is 1. The second kappa shape index (κ2) is 8.14. The van der Waals surface area contributed by atoms with E-state index in [1.54, 1.807) is 44.2 Å². The molecule has 7 heteroatoms. The van der Waals surface area contributed by atoms with Crippen LogP contribution in [0.1, 0.15) is 42.5 Å². The number of aromatic nitrogens is 1. The van der Waals surface area contributed by atoms with Crippen molar-refractivity contribution in [3.63, 3.8) is 0 Å². The number of aromatic amines is 1. The minimum absolute atomic E-state index is 0.0674. The van der Waals surface area contributed by atoms with Crippen LogP contribution in [0.15, 0.2) is 30.3 Å². The summed E-state index contributed by atoms with van der Waals surface area (Å²) in [6.07, 6.45) is 0. The molecule has 1 aromatic carbocycles. The molecule has 0 bridgehead atoms. The highest BCUT2D eigenvalue weighted by Crippen LogP contribution is 2.19. The molecule has 0 saturated carbocycles. The van der Waals surface area contributed by atoms with Gasteiger partial charge in [-0.15, -0.1) is 0 Å². The molecule has 1 aromatic heterocycles. The van der Waals surface area contributed by atoms with Crippen molar-refractivity contribution in [2.75, 3.05) is 20.3 Å². The number of hydrogen-bond donors (Lipinski definition) is 1. The molecule has 0 spiro atoms. The van der Waals surface area contributed by atoms with Crippen LogP contribution in [0.3, 0.4) is 0 Å². The van der Waals surface area contributed by atoms with Gasteiger partial charge in [0.1, 0.15) is 18.9 Å². The van der Waals surface area contributed by atoms with E-state index in [0.717, 1.165) is 0 Å². The van der Waals surface area contributed by atoms with Gasteiger partial charge >= 0.3 is 17.9 Å². The summed E-state index contributed by atoms with van der Waals surface area (Å²) in [6.45, 7) is 3.13. The van der Waals surface area contributed by atoms with Crippen molar-refractivity contribution in [1.82, 2.24) is 4.98 Å². The lowest BCUT2D eigenvalue weighted by Crippen LogP contribution is -2.15. The number of hydrogen-bond acceptors (Lipinski definition) is 6. The molecule has 0 atom stereocenters. The molecular formula is C18H19NO6. The van der Waals surface area contributed by atoms with E-state index in [0.29, 0.717) is 22.4 Å². The first kappa shape index (κ1) is 18.3. The van der Waals surface area contributed by atoms with Crippen LogP contribution in [0.4, 0.5) is 0 Å². The van der Waals surface area contributed by atoms with Gasteiger partial charge in [-0.25, -0.2) is 14.4 Å². The highest BCUT2D eigenvalue weighted by Gasteiger charge is 2.23. The lowest BCUT2D eigenvalue weighted by molar-refractivity contribution is 0.0262. The highest BCUT2D eigenvalue weighted by atomic mass is 16.6. The summed E-state index contributed by atoms with van der Waals surface area (Å²) in [5.74, 6) is -1.65. The maximum absolute atomic E-state index is 12.1. The SMILES string of the molecule is COC(=O)c1c(C)[nH]c(C(=O)OCCOC(=O)c2ccccc2)c1C. The number of ether oxygens (including phenoxy) is 3. The average Bonchev–Trinajstić information content (AvgIpc) is 2.93. The third-order valence-corrected chi connectivity index (χ3v) is 3.59. The predicted octanol–water partition coefficient (Wildman–Crippen LogP) is 2.43. The molecule has 0 aliphatic rings. The van der Waals surface area contributed by atoms with E-state index < -0.39 is 17.9 Å². The fourth-order valence-electron chi connectivity index (χ4n) is 2.36. The first-order valence-electron chi connectivity index (χ1n) is 7.62. The molecule has 2 aromatic rings. The Morgan fingerprint density at radius 3 is 2.12 bits per heavy atom. The molecule has 2 rings (SSSR count). The largest absolute Gasteiger partial charge is 0.465 e. The van der Waals surface area contributed by atoms with Crippen molar-refractivity contribution in [2.45, 2.75) is 13.8 Å². The Bertz CT molecular complexity index is 778. The van der Waals surface area contributed by atoms with E-state index >= 15 is 0 Å². The van der Waals surface area contributed by atoms with E-state index in [4.69, 9.17) is 9.47 Å². The summed E-state index contributed by atoms with van der Waals surface area (Å²) < 4.78 is 14.8. The highest BCUT2D eigenvalue weighted by molar-refractivity contribution is 5.98. The summed E-state index contributed by atoms with van der Waals surface area (Å²) in [7, 11) is 1.27. The minimum Gasteiger partial charge on any atom is -0.465 e. The van der Waals surface area contributed by atoms with Crippen molar-refractivity contribution in [3.8, 4) is 0 Å². The van der Waals surface area contributed by atoms with Crippen LogP contribution in [-0.2, 0) is 14.2 Å². The third kappa shape index (κ3) is 4.26. The van der Waals surface area contributed by atoms with Crippen LogP contribution < -0.4 is 0 Å². The zero-order valence-electron chi connectivity index (χ0n) is 14.3. The summed E-state index contributed by atoms with van der Waals surface area (Å²) in [6, 6.07) is 8.51. The molecule has 0 aliphatic carbocycles. The molecule has 0 amide bonds. The maximum Gasteiger partial charge on any atom is 0.355 e. The quantitative estimate of drug-likeness (QED) is 0.491. The van der Waals surface area contributed by atoms with E-state index in [9.17, 15) is 14.4 Å². The molecule has 0 unspecified atom stereocenters. The van der Waals surface area contributed by atoms with Crippen LogP contribution in [0.25, 0.3) is 0 Å². The lowest BCUT2D eigenvalue weighted by atomic mass is 10.1. The van der Waals surface area contributed by atoms with Gasteiger partial charge in [-0.3, -0.25) is 0 Å². The molecule has 132 valence electrons. The second-order valence-corrected chi connectivity index (χ2v) is 5.25. The minimum atomic E-state index is -0.633.